The van der Waals surface area contributed by atoms with Gasteiger partial charge in [-0.25, -0.2) is 0 Å². The van der Waals surface area contributed by atoms with E-state index in [0.29, 0.717) is 16.6 Å². The molecule has 0 saturated carbocycles. The summed E-state index contributed by atoms with van der Waals surface area (Å²) in [5, 5.41) is 9.14. The van der Waals surface area contributed by atoms with E-state index >= 15 is 0 Å². The van der Waals surface area contributed by atoms with E-state index in [1.807, 2.05) is 36.6 Å². The quantitative estimate of drug-likeness (QED) is 0.813. The summed E-state index contributed by atoms with van der Waals surface area (Å²) in [6, 6.07) is 5.75. The number of ether oxygens (including phenoxy) is 1. The van der Waals surface area contributed by atoms with Gasteiger partial charge in [0.05, 0.1) is 5.69 Å². The van der Waals surface area contributed by atoms with E-state index in [0.717, 1.165) is 11.3 Å². The van der Waals surface area contributed by atoms with Crippen molar-refractivity contribution >= 4 is 29.3 Å². The lowest BCUT2D eigenvalue weighted by Crippen LogP contribution is -2.10. The minimum absolute atomic E-state index is 0.0415. The maximum Gasteiger partial charge on any atom is 0.319 e. The number of halogens is 1. The second-order valence-corrected chi connectivity index (χ2v) is 6.58. The molecule has 3 rings (SSSR count). The monoisotopic (exact) mass is 323 g/mol. The molecule has 0 N–H and O–H groups in total. The molecule has 0 bridgehead atoms. The third-order valence-electron chi connectivity index (χ3n) is 3.32. The minimum Gasteiger partial charge on any atom is -0.462 e. The van der Waals surface area contributed by atoms with Crippen LogP contribution in [0.4, 0.5) is 0 Å². The average Bonchev–Trinajstić information content (AvgIpc) is 3.01. The molecule has 0 radical (unpaired) electrons. The van der Waals surface area contributed by atoms with Crippen LogP contribution in [0.5, 0.6) is 0 Å². The molecule has 1 aromatic carbocycles. The van der Waals surface area contributed by atoms with E-state index in [4.69, 9.17) is 16.3 Å². The molecule has 0 spiro atoms. The van der Waals surface area contributed by atoms with Gasteiger partial charge in [0.1, 0.15) is 17.7 Å². The van der Waals surface area contributed by atoms with Gasteiger partial charge in [0, 0.05) is 11.4 Å². The molecule has 2 aromatic rings. The molecule has 1 aliphatic rings. The van der Waals surface area contributed by atoms with Crippen molar-refractivity contribution in [2.45, 2.75) is 36.8 Å². The SMILES string of the molecule is Cc1ccc(-n2cnnc2S[C@H]2C[C@@H](C)OC2=O)cc1Cl. The number of nitrogens with zero attached hydrogens (tertiary/aromatic N) is 3. The largest absolute Gasteiger partial charge is 0.462 e. The lowest BCUT2D eigenvalue weighted by Gasteiger charge is -2.09. The summed E-state index contributed by atoms with van der Waals surface area (Å²) in [5.74, 6) is -0.191. The third-order valence-corrected chi connectivity index (χ3v) is 4.89. The summed E-state index contributed by atoms with van der Waals surface area (Å²) in [4.78, 5) is 11.7. The van der Waals surface area contributed by atoms with Gasteiger partial charge in [-0.05, 0) is 31.5 Å². The third kappa shape index (κ3) is 2.91. The van der Waals surface area contributed by atoms with E-state index in [1.54, 1.807) is 6.33 Å². The van der Waals surface area contributed by atoms with Crippen molar-refractivity contribution in [1.82, 2.24) is 14.8 Å². The zero-order valence-electron chi connectivity index (χ0n) is 11.6. The Kier molecular flexibility index (Phi) is 3.91. The Morgan fingerprint density at radius 3 is 2.95 bits per heavy atom. The Bertz CT molecular complexity index is 689. The highest BCUT2D eigenvalue weighted by Crippen LogP contribution is 2.32. The summed E-state index contributed by atoms with van der Waals surface area (Å²) in [6.07, 6.45) is 2.26. The van der Waals surface area contributed by atoms with Crippen LogP contribution in [0.3, 0.4) is 0 Å². The van der Waals surface area contributed by atoms with E-state index in [2.05, 4.69) is 10.2 Å². The Balaban J connectivity index is 1.87. The van der Waals surface area contributed by atoms with Crippen LogP contribution in [0.1, 0.15) is 18.9 Å². The number of benzene rings is 1. The number of rotatable bonds is 3. The van der Waals surface area contributed by atoms with Crippen molar-refractivity contribution in [3.63, 3.8) is 0 Å². The maximum absolute atomic E-state index is 11.7. The van der Waals surface area contributed by atoms with Gasteiger partial charge in [-0.3, -0.25) is 9.36 Å². The lowest BCUT2D eigenvalue weighted by molar-refractivity contribution is -0.140. The van der Waals surface area contributed by atoms with Crippen molar-refractivity contribution in [1.29, 1.82) is 0 Å². The smallest absolute Gasteiger partial charge is 0.319 e. The number of hydrogen-bond donors (Lipinski definition) is 0. The highest BCUT2D eigenvalue weighted by molar-refractivity contribution is 8.00. The fraction of sp³-hybridized carbons (Fsp3) is 0.357. The van der Waals surface area contributed by atoms with Gasteiger partial charge in [0.15, 0.2) is 5.16 Å². The molecule has 2 heterocycles. The number of aryl methyl sites for hydroxylation is 1. The van der Waals surface area contributed by atoms with Gasteiger partial charge in [-0.2, -0.15) is 0 Å². The lowest BCUT2D eigenvalue weighted by atomic mass is 10.2. The maximum atomic E-state index is 11.7. The molecule has 2 atom stereocenters. The number of cyclic esters (lactones) is 1. The van der Waals surface area contributed by atoms with Crippen LogP contribution in [0.15, 0.2) is 29.7 Å². The van der Waals surface area contributed by atoms with Gasteiger partial charge in [0.25, 0.3) is 0 Å². The number of aromatic nitrogens is 3. The molecule has 1 aromatic heterocycles. The van der Waals surface area contributed by atoms with Gasteiger partial charge < -0.3 is 4.74 Å². The molecule has 1 fully saturated rings. The summed E-state index contributed by atoms with van der Waals surface area (Å²) in [6.45, 7) is 3.84. The highest BCUT2D eigenvalue weighted by Gasteiger charge is 2.34. The fourth-order valence-corrected chi connectivity index (χ4v) is 3.47. The number of hydrogen-bond acceptors (Lipinski definition) is 5. The van der Waals surface area contributed by atoms with Crippen molar-refractivity contribution in [2.75, 3.05) is 0 Å². The molecule has 1 aliphatic heterocycles. The molecule has 5 nitrogen and oxygen atoms in total. The Labute approximate surface area is 131 Å². The normalized spacial score (nSPS) is 21.6. The number of carbonyl (C=O) groups is 1. The zero-order chi connectivity index (χ0) is 15.0. The Hall–Kier alpha value is -1.53. The summed E-state index contributed by atoms with van der Waals surface area (Å²) < 4.78 is 6.99. The van der Waals surface area contributed by atoms with Gasteiger partial charge in [-0.1, -0.05) is 29.4 Å². The first-order chi connectivity index (χ1) is 10.0. The summed E-state index contributed by atoms with van der Waals surface area (Å²) in [7, 11) is 0. The van der Waals surface area contributed by atoms with Crippen LogP contribution in [0.25, 0.3) is 5.69 Å². The second-order valence-electron chi connectivity index (χ2n) is 5.01. The van der Waals surface area contributed by atoms with Crippen LogP contribution in [0.2, 0.25) is 5.02 Å². The molecule has 110 valence electrons. The van der Waals surface area contributed by atoms with Crippen molar-refractivity contribution in [2.24, 2.45) is 0 Å². The average molecular weight is 324 g/mol. The van der Waals surface area contributed by atoms with E-state index in [1.165, 1.54) is 11.8 Å². The molecule has 0 aliphatic carbocycles. The number of thioether (sulfide) groups is 1. The van der Waals surface area contributed by atoms with Crippen molar-refractivity contribution in [3.8, 4) is 5.69 Å². The zero-order valence-corrected chi connectivity index (χ0v) is 13.2. The summed E-state index contributed by atoms with van der Waals surface area (Å²) in [5.41, 5.74) is 1.88. The minimum atomic E-state index is -0.233. The molecule has 7 heteroatoms. The first-order valence-electron chi connectivity index (χ1n) is 6.58. The first kappa shape index (κ1) is 14.4. The fourth-order valence-electron chi connectivity index (χ4n) is 2.16. The van der Waals surface area contributed by atoms with Crippen LogP contribution < -0.4 is 0 Å². The molecular formula is C14H14ClN3O2S. The van der Waals surface area contributed by atoms with Gasteiger partial charge in [0.2, 0.25) is 0 Å². The van der Waals surface area contributed by atoms with Crippen LogP contribution in [-0.4, -0.2) is 32.1 Å². The number of esters is 1. The van der Waals surface area contributed by atoms with Gasteiger partial charge in [-0.15, -0.1) is 10.2 Å². The molecule has 1 saturated heterocycles. The molecular weight excluding hydrogens is 310 g/mol. The number of carbonyl (C=O) groups excluding carboxylic acids is 1. The highest BCUT2D eigenvalue weighted by atomic mass is 35.5. The van der Waals surface area contributed by atoms with E-state index < -0.39 is 0 Å². The van der Waals surface area contributed by atoms with Crippen LogP contribution in [-0.2, 0) is 9.53 Å². The van der Waals surface area contributed by atoms with Crippen LogP contribution >= 0.6 is 23.4 Å². The molecule has 0 unspecified atom stereocenters. The molecule has 0 amide bonds. The van der Waals surface area contributed by atoms with E-state index in [9.17, 15) is 4.79 Å². The van der Waals surface area contributed by atoms with E-state index in [-0.39, 0.29) is 17.3 Å². The van der Waals surface area contributed by atoms with Gasteiger partial charge >= 0.3 is 5.97 Å². The predicted octanol–water partition coefficient (Wildman–Crippen LogP) is 3.03. The Morgan fingerprint density at radius 1 is 1.48 bits per heavy atom. The second kappa shape index (κ2) is 5.69. The van der Waals surface area contributed by atoms with Crippen molar-refractivity contribution in [3.05, 3.63) is 35.1 Å². The topological polar surface area (TPSA) is 57.0 Å². The molecule has 21 heavy (non-hydrogen) atoms. The van der Waals surface area contributed by atoms with Crippen molar-refractivity contribution < 1.29 is 9.53 Å². The predicted molar refractivity (Wildman–Crippen MR) is 80.9 cm³/mol. The standard InChI is InChI=1S/C14H14ClN3O2S/c1-8-3-4-10(6-11(8)15)18-7-16-17-14(18)21-12-5-9(2)20-13(12)19/h3-4,6-7,9,12H,5H2,1-2H3/t9-,12+/m1/s1. The Morgan fingerprint density at radius 2 is 2.29 bits per heavy atom. The summed E-state index contributed by atoms with van der Waals surface area (Å²) >= 11 is 7.53. The first-order valence-corrected chi connectivity index (χ1v) is 7.84. The van der Waals surface area contributed by atoms with Crippen LogP contribution in [0, 0.1) is 6.92 Å².